The first-order valence-electron chi connectivity index (χ1n) is 8.43. The molecule has 6 nitrogen and oxygen atoms in total. The van der Waals surface area contributed by atoms with Gasteiger partial charge in [0.1, 0.15) is 5.82 Å². The summed E-state index contributed by atoms with van der Waals surface area (Å²) in [5, 5.41) is 9.54. The monoisotopic (exact) mass is 318 g/mol. The predicted molar refractivity (Wildman–Crippen MR) is 87.1 cm³/mol. The number of aliphatic hydroxyl groups is 1. The first kappa shape index (κ1) is 16.3. The Morgan fingerprint density at radius 3 is 2.48 bits per heavy atom. The number of carbonyl (C=O) groups is 1. The van der Waals surface area contributed by atoms with Crippen LogP contribution in [0.3, 0.4) is 0 Å². The van der Waals surface area contributed by atoms with E-state index in [0.29, 0.717) is 23.9 Å². The average molecular weight is 318 g/mol. The van der Waals surface area contributed by atoms with Crippen LogP contribution in [0.5, 0.6) is 0 Å². The van der Waals surface area contributed by atoms with E-state index in [1.807, 2.05) is 19.0 Å². The zero-order valence-electron chi connectivity index (χ0n) is 14.0. The highest BCUT2D eigenvalue weighted by atomic mass is 16.3. The number of hydrogen-bond donors (Lipinski definition) is 1. The van der Waals surface area contributed by atoms with Crippen LogP contribution in [0.2, 0.25) is 0 Å². The quantitative estimate of drug-likeness (QED) is 0.876. The van der Waals surface area contributed by atoms with E-state index in [-0.39, 0.29) is 18.4 Å². The minimum atomic E-state index is -0.0192. The van der Waals surface area contributed by atoms with E-state index < -0.39 is 0 Å². The number of likely N-dealkylation sites (tertiary alicyclic amines) is 1. The van der Waals surface area contributed by atoms with E-state index in [1.165, 1.54) is 0 Å². The second-order valence-electron chi connectivity index (χ2n) is 7.23. The minimum absolute atomic E-state index is 0.0192. The van der Waals surface area contributed by atoms with Gasteiger partial charge in [0, 0.05) is 44.6 Å². The van der Waals surface area contributed by atoms with Gasteiger partial charge in [0.2, 0.25) is 0 Å². The molecule has 1 aromatic rings. The van der Waals surface area contributed by atoms with E-state index in [9.17, 15) is 9.90 Å². The molecule has 2 fully saturated rings. The topological polar surface area (TPSA) is 69.6 Å². The summed E-state index contributed by atoms with van der Waals surface area (Å²) in [4.78, 5) is 25.4. The highest BCUT2D eigenvalue weighted by Crippen LogP contribution is 2.37. The summed E-state index contributed by atoms with van der Waals surface area (Å²) >= 11 is 0. The van der Waals surface area contributed by atoms with Crippen LogP contribution in [-0.2, 0) is 0 Å². The van der Waals surface area contributed by atoms with Crippen LogP contribution in [-0.4, -0.2) is 71.1 Å². The normalized spacial score (nSPS) is 25.0. The summed E-state index contributed by atoms with van der Waals surface area (Å²) in [6, 6.07) is 0. The van der Waals surface area contributed by atoms with Crippen LogP contribution < -0.4 is 0 Å². The fourth-order valence-electron chi connectivity index (χ4n) is 3.45. The second-order valence-corrected chi connectivity index (χ2v) is 7.23. The molecule has 23 heavy (non-hydrogen) atoms. The maximum absolute atomic E-state index is 12.7. The van der Waals surface area contributed by atoms with Gasteiger partial charge >= 0.3 is 0 Å². The maximum atomic E-state index is 12.7. The highest BCUT2D eigenvalue weighted by Gasteiger charge is 2.31. The molecule has 0 radical (unpaired) electrons. The lowest BCUT2D eigenvalue weighted by atomic mass is 9.89. The van der Waals surface area contributed by atoms with Crippen molar-refractivity contribution in [1.82, 2.24) is 19.8 Å². The molecule has 0 bridgehead atoms. The number of rotatable bonds is 5. The molecule has 3 rings (SSSR count). The number of aliphatic hydroxyl groups excluding tert-OH is 1. The molecule has 126 valence electrons. The molecule has 1 aliphatic carbocycles. The fraction of sp³-hybridized carbons (Fsp3) is 0.706. The molecular formula is C17H26N4O2. The molecule has 0 unspecified atom stereocenters. The summed E-state index contributed by atoms with van der Waals surface area (Å²) in [5.41, 5.74) is 0.552. The Hall–Kier alpha value is -1.53. The zero-order valence-corrected chi connectivity index (χ0v) is 14.0. The molecule has 1 saturated carbocycles. The number of carbonyl (C=O) groups excluding carboxylic acids is 1. The van der Waals surface area contributed by atoms with Gasteiger partial charge in [-0.05, 0) is 45.2 Å². The highest BCUT2D eigenvalue weighted by molar-refractivity contribution is 5.93. The summed E-state index contributed by atoms with van der Waals surface area (Å²) in [7, 11) is 4.08. The van der Waals surface area contributed by atoms with Crippen LogP contribution in [0.1, 0.15) is 41.4 Å². The standard InChI is InChI=1S/C17H26N4O2/c1-20(2)8-12-5-13(11-22)10-21(9-12)17(23)15-6-18-16(19-7-15)14-3-4-14/h6-7,12-14,22H,3-5,8-11H2,1-2H3/t12-,13-/m1/s1. The molecule has 1 amide bonds. The number of aromatic nitrogens is 2. The molecule has 2 aliphatic rings. The van der Waals surface area contributed by atoms with Crippen LogP contribution in [0.15, 0.2) is 12.4 Å². The summed E-state index contributed by atoms with van der Waals surface area (Å²) in [5.74, 6) is 1.89. The molecule has 1 aromatic heterocycles. The van der Waals surface area contributed by atoms with Gasteiger partial charge in [0.25, 0.3) is 5.91 Å². The van der Waals surface area contributed by atoms with Crippen LogP contribution in [0.4, 0.5) is 0 Å². The van der Waals surface area contributed by atoms with Crippen molar-refractivity contribution in [2.45, 2.75) is 25.2 Å². The van der Waals surface area contributed by atoms with Crippen molar-refractivity contribution in [3.05, 3.63) is 23.8 Å². The van der Waals surface area contributed by atoms with Gasteiger partial charge in [-0.3, -0.25) is 4.79 Å². The van der Waals surface area contributed by atoms with E-state index in [4.69, 9.17) is 0 Å². The number of nitrogens with zero attached hydrogens (tertiary/aromatic N) is 4. The minimum Gasteiger partial charge on any atom is -0.396 e. The first-order valence-corrected chi connectivity index (χ1v) is 8.43. The molecule has 2 heterocycles. The van der Waals surface area contributed by atoms with Gasteiger partial charge in [-0.1, -0.05) is 0 Å². The van der Waals surface area contributed by atoms with Crippen molar-refractivity contribution in [3.8, 4) is 0 Å². The average Bonchev–Trinajstić information content (AvgIpc) is 3.38. The van der Waals surface area contributed by atoms with Crippen LogP contribution in [0.25, 0.3) is 0 Å². The van der Waals surface area contributed by atoms with Crippen molar-refractivity contribution in [2.75, 3.05) is 40.3 Å². The van der Waals surface area contributed by atoms with E-state index >= 15 is 0 Å². The second kappa shape index (κ2) is 6.93. The van der Waals surface area contributed by atoms with Gasteiger partial charge in [0.05, 0.1) is 5.56 Å². The Morgan fingerprint density at radius 2 is 1.91 bits per heavy atom. The molecule has 0 aromatic carbocycles. The summed E-state index contributed by atoms with van der Waals surface area (Å²) in [6.07, 6.45) is 6.60. The third kappa shape index (κ3) is 4.06. The maximum Gasteiger partial charge on any atom is 0.257 e. The lowest BCUT2D eigenvalue weighted by molar-refractivity contribution is 0.0477. The molecule has 1 aliphatic heterocycles. The lowest BCUT2D eigenvalue weighted by Gasteiger charge is -2.38. The molecule has 1 N–H and O–H groups in total. The third-order valence-corrected chi connectivity index (χ3v) is 4.65. The molecule has 6 heteroatoms. The van der Waals surface area contributed by atoms with Crippen molar-refractivity contribution in [3.63, 3.8) is 0 Å². The Morgan fingerprint density at radius 1 is 1.26 bits per heavy atom. The molecule has 2 atom stereocenters. The fourth-order valence-corrected chi connectivity index (χ4v) is 3.45. The first-order chi connectivity index (χ1) is 11.1. The van der Waals surface area contributed by atoms with E-state index in [2.05, 4.69) is 14.9 Å². The lowest BCUT2D eigenvalue weighted by Crippen LogP contribution is -2.47. The van der Waals surface area contributed by atoms with Crippen LogP contribution >= 0.6 is 0 Å². The van der Waals surface area contributed by atoms with Crippen molar-refractivity contribution in [2.24, 2.45) is 11.8 Å². The third-order valence-electron chi connectivity index (χ3n) is 4.65. The van der Waals surface area contributed by atoms with Crippen molar-refractivity contribution in [1.29, 1.82) is 0 Å². The van der Waals surface area contributed by atoms with E-state index in [1.54, 1.807) is 12.4 Å². The predicted octanol–water partition coefficient (Wildman–Crippen LogP) is 0.986. The molecule has 1 saturated heterocycles. The smallest absolute Gasteiger partial charge is 0.257 e. The van der Waals surface area contributed by atoms with Gasteiger partial charge in [-0.2, -0.15) is 0 Å². The zero-order chi connectivity index (χ0) is 16.4. The Labute approximate surface area is 137 Å². The number of piperidine rings is 1. The van der Waals surface area contributed by atoms with Gasteiger partial charge in [-0.25, -0.2) is 9.97 Å². The van der Waals surface area contributed by atoms with Crippen molar-refractivity contribution >= 4 is 5.91 Å². The van der Waals surface area contributed by atoms with Crippen LogP contribution in [0, 0.1) is 11.8 Å². The van der Waals surface area contributed by atoms with Gasteiger partial charge in [-0.15, -0.1) is 0 Å². The Kier molecular flexibility index (Phi) is 4.92. The summed E-state index contributed by atoms with van der Waals surface area (Å²) in [6.45, 7) is 2.41. The Bertz CT molecular complexity index is 542. The summed E-state index contributed by atoms with van der Waals surface area (Å²) < 4.78 is 0. The molecule has 0 spiro atoms. The van der Waals surface area contributed by atoms with Crippen molar-refractivity contribution < 1.29 is 9.90 Å². The molecular weight excluding hydrogens is 292 g/mol. The SMILES string of the molecule is CN(C)C[C@H]1C[C@@H](CO)CN(C(=O)c2cnc(C3CC3)nc2)C1. The van der Waals surface area contributed by atoms with Gasteiger partial charge in [0.15, 0.2) is 0 Å². The Balaban J connectivity index is 1.68. The van der Waals surface area contributed by atoms with E-state index in [0.717, 1.165) is 38.2 Å². The number of amides is 1. The number of hydrogen-bond acceptors (Lipinski definition) is 5. The largest absolute Gasteiger partial charge is 0.396 e. The van der Waals surface area contributed by atoms with Gasteiger partial charge < -0.3 is 14.9 Å².